The Morgan fingerprint density at radius 1 is 0.628 bits per heavy atom. The lowest BCUT2D eigenvalue weighted by Gasteiger charge is -2.50. The standard InChI is InChI=1S/C39H77N3O/c1-11-13-15-16-21-25-34(33(24-19-14-12-2)32-29-38(7,8)42-39(9,10)30-32)35(43)40-26-22-18-17-20-23-31-27-36(3,4)41-37(5,6)28-31/h31-34,41-42H,11-30H2,1-10H3,(H,40,43). The van der Waals surface area contributed by atoms with Crippen LogP contribution in [0.3, 0.4) is 0 Å². The summed E-state index contributed by atoms with van der Waals surface area (Å²) in [4.78, 5) is 14.0. The zero-order chi connectivity index (χ0) is 32.2. The molecule has 0 aromatic rings. The van der Waals surface area contributed by atoms with Crippen LogP contribution in [0.2, 0.25) is 0 Å². The summed E-state index contributed by atoms with van der Waals surface area (Å²) in [6.07, 6.45) is 23.7. The number of piperidine rings is 2. The highest BCUT2D eigenvalue weighted by Gasteiger charge is 2.43. The molecule has 2 saturated heterocycles. The Kier molecular flexibility index (Phi) is 16.1. The molecule has 2 fully saturated rings. The highest BCUT2D eigenvalue weighted by molar-refractivity contribution is 5.79. The molecule has 2 heterocycles. The molecule has 0 aliphatic carbocycles. The number of hydrogen-bond acceptors (Lipinski definition) is 3. The first kappa shape index (κ1) is 38.6. The number of nitrogens with one attached hydrogen (secondary N) is 3. The summed E-state index contributed by atoms with van der Waals surface area (Å²) in [7, 11) is 0. The summed E-state index contributed by atoms with van der Waals surface area (Å²) in [5.41, 5.74) is 0.739. The molecule has 0 spiro atoms. The van der Waals surface area contributed by atoms with Gasteiger partial charge in [0.15, 0.2) is 0 Å². The van der Waals surface area contributed by atoms with Gasteiger partial charge in [-0.15, -0.1) is 0 Å². The average Bonchev–Trinajstić information content (AvgIpc) is 2.85. The van der Waals surface area contributed by atoms with E-state index in [1.807, 2.05) is 0 Å². The fourth-order valence-electron chi connectivity index (χ4n) is 9.60. The number of hydrogen-bond donors (Lipinski definition) is 3. The third-order valence-corrected chi connectivity index (χ3v) is 10.6. The Labute approximate surface area is 269 Å². The van der Waals surface area contributed by atoms with E-state index in [1.54, 1.807) is 0 Å². The molecule has 0 radical (unpaired) electrons. The molecule has 1 amide bonds. The van der Waals surface area contributed by atoms with Crippen molar-refractivity contribution in [1.29, 1.82) is 0 Å². The Hall–Kier alpha value is -0.610. The number of unbranched alkanes of at least 4 members (excludes halogenated alkanes) is 9. The Morgan fingerprint density at radius 3 is 1.67 bits per heavy atom. The third kappa shape index (κ3) is 15.0. The molecule has 2 aliphatic rings. The number of carbonyl (C=O) groups is 1. The van der Waals surface area contributed by atoms with Crippen LogP contribution in [0.15, 0.2) is 0 Å². The minimum Gasteiger partial charge on any atom is -0.356 e. The van der Waals surface area contributed by atoms with Crippen LogP contribution in [0.25, 0.3) is 0 Å². The van der Waals surface area contributed by atoms with E-state index in [2.05, 4.69) is 85.2 Å². The predicted octanol–water partition coefficient (Wildman–Crippen LogP) is 10.3. The molecular formula is C39H77N3O. The van der Waals surface area contributed by atoms with Gasteiger partial charge in [0.1, 0.15) is 0 Å². The first-order valence-corrected chi connectivity index (χ1v) is 18.9. The van der Waals surface area contributed by atoms with Crippen LogP contribution >= 0.6 is 0 Å². The Balaban J connectivity index is 1.95. The maximum Gasteiger partial charge on any atom is 0.223 e. The lowest BCUT2D eigenvalue weighted by Crippen LogP contribution is -2.59. The SMILES string of the molecule is CCCCCCCC(C(=O)NCCCCCCC1CC(C)(C)NC(C)(C)C1)C(CCCCC)C1CC(C)(C)NC(C)(C)C1. The minimum atomic E-state index is 0.122. The first-order chi connectivity index (χ1) is 20.1. The molecule has 0 saturated carbocycles. The van der Waals surface area contributed by atoms with E-state index < -0.39 is 0 Å². The average molecular weight is 604 g/mol. The van der Waals surface area contributed by atoms with Crippen LogP contribution in [-0.2, 0) is 4.79 Å². The van der Waals surface area contributed by atoms with Gasteiger partial charge in [-0.2, -0.15) is 0 Å². The van der Waals surface area contributed by atoms with Crippen molar-refractivity contribution < 1.29 is 4.79 Å². The van der Waals surface area contributed by atoms with Gasteiger partial charge in [0.25, 0.3) is 0 Å². The van der Waals surface area contributed by atoms with Gasteiger partial charge in [0.2, 0.25) is 5.91 Å². The Morgan fingerprint density at radius 2 is 1.09 bits per heavy atom. The van der Waals surface area contributed by atoms with Crippen molar-refractivity contribution in [3.63, 3.8) is 0 Å². The van der Waals surface area contributed by atoms with Crippen LogP contribution in [0.1, 0.15) is 191 Å². The number of rotatable bonds is 20. The third-order valence-electron chi connectivity index (χ3n) is 10.6. The largest absolute Gasteiger partial charge is 0.356 e. The van der Waals surface area contributed by atoms with Gasteiger partial charge in [-0.3, -0.25) is 4.79 Å². The first-order valence-electron chi connectivity index (χ1n) is 18.9. The molecule has 2 atom stereocenters. The van der Waals surface area contributed by atoms with Crippen LogP contribution in [-0.4, -0.2) is 34.6 Å². The zero-order valence-electron chi connectivity index (χ0n) is 30.9. The van der Waals surface area contributed by atoms with E-state index in [4.69, 9.17) is 0 Å². The molecular weight excluding hydrogens is 526 g/mol. The molecule has 43 heavy (non-hydrogen) atoms. The lowest BCUT2D eigenvalue weighted by atomic mass is 9.65. The van der Waals surface area contributed by atoms with Crippen molar-refractivity contribution >= 4 is 5.91 Å². The summed E-state index contributed by atoms with van der Waals surface area (Å²) in [6, 6.07) is 0. The fourth-order valence-corrected chi connectivity index (χ4v) is 9.60. The van der Waals surface area contributed by atoms with Gasteiger partial charge in [-0.25, -0.2) is 0 Å². The van der Waals surface area contributed by atoms with Crippen molar-refractivity contribution in [3.05, 3.63) is 0 Å². The van der Waals surface area contributed by atoms with Crippen molar-refractivity contribution in [1.82, 2.24) is 16.0 Å². The van der Waals surface area contributed by atoms with Gasteiger partial charge in [0, 0.05) is 34.6 Å². The van der Waals surface area contributed by atoms with Gasteiger partial charge in [-0.05, 0) is 118 Å². The Bertz CT molecular complexity index is 753. The van der Waals surface area contributed by atoms with Crippen LogP contribution in [0, 0.1) is 23.7 Å². The fraction of sp³-hybridized carbons (Fsp3) is 0.974. The normalized spacial score (nSPS) is 23.1. The van der Waals surface area contributed by atoms with E-state index in [0.29, 0.717) is 17.7 Å². The van der Waals surface area contributed by atoms with Gasteiger partial charge < -0.3 is 16.0 Å². The topological polar surface area (TPSA) is 53.2 Å². The predicted molar refractivity (Wildman–Crippen MR) is 189 cm³/mol. The van der Waals surface area contributed by atoms with E-state index in [9.17, 15) is 4.79 Å². The van der Waals surface area contributed by atoms with Crippen molar-refractivity contribution in [3.8, 4) is 0 Å². The van der Waals surface area contributed by atoms with Crippen LogP contribution in [0.4, 0.5) is 0 Å². The van der Waals surface area contributed by atoms with Crippen LogP contribution in [0.5, 0.6) is 0 Å². The summed E-state index contributed by atoms with van der Waals surface area (Å²) < 4.78 is 0. The van der Waals surface area contributed by atoms with Crippen molar-refractivity contribution in [2.24, 2.45) is 23.7 Å². The monoisotopic (exact) mass is 604 g/mol. The highest BCUT2D eigenvalue weighted by atomic mass is 16.1. The maximum absolute atomic E-state index is 14.0. The second kappa shape index (κ2) is 17.9. The molecule has 0 aromatic carbocycles. The summed E-state index contributed by atoms with van der Waals surface area (Å²) >= 11 is 0. The van der Waals surface area contributed by atoms with Crippen LogP contribution < -0.4 is 16.0 Å². The molecule has 2 unspecified atom stereocenters. The minimum absolute atomic E-state index is 0.122. The number of carbonyl (C=O) groups excluding carboxylic acids is 1. The van der Waals surface area contributed by atoms with E-state index >= 15 is 0 Å². The smallest absolute Gasteiger partial charge is 0.223 e. The molecule has 0 bridgehead atoms. The second-order valence-electron chi connectivity index (χ2n) is 17.7. The van der Waals surface area contributed by atoms with Crippen molar-refractivity contribution in [2.45, 2.75) is 213 Å². The summed E-state index contributed by atoms with van der Waals surface area (Å²) in [5, 5.41) is 11.2. The lowest BCUT2D eigenvalue weighted by molar-refractivity contribution is -0.128. The molecule has 4 nitrogen and oxygen atoms in total. The summed E-state index contributed by atoms with van der Waals surface area (Å²) in [6.45, 7) is 24.4. The molecule has 4 heteroatoms. The maximum atomic E-state index is 14.0. The molecule has 254 valence electrons. The van der Waals surface area contributed by atoms with E-state index in [1.165, 1.54) is 109 Å². The molecule has 0 aromatic heterocycles. The van der Waals surface area contributed by atoms with E-state index in [-0.39, 0.29) is 28.1 Å². The highest BCUT2D eigenvalue weighted by Crippen LogP contribution is 2.43. The molecule has 2 aliphatic heterocycles. The van der Waals surface area contributed by atoms with Gasteiger partial charge in [-0.1, -0.05) is 90.9 Å². The zero-order valence-corrected chi connectivity index (χ0v) is 30.9. The quantitative estimate of drug-likeness (QED) is 0.121. The van der Waals surface area contributed by atoms with E-state index in [0.717, 1.165) is 25.3 Å². The van der Waals surface area contributed by atoms with Crippen molar-refractivity contribution in [2.75, 3.05) is 6.54 Å². The van der Waals surface area contributed by atoms with Gasteiger partial charge in [0.05, 0.1) is 0 Å². The second-order valence-corrected chi connectivity index (χ2v) is 17.7. The molecule has 2 rings (SSSR count). The summed E-state index contributed by atoms with van der Waals surface area (Å²) in [5.74, 6) is 2.47. The molecule has 3 N–H and O–H groups in total. The van der Waals surface area contributed by atoms with Gasteiger partial charge >= 0.3 is 0 Å². The number of amides is 1.